The van der Waals surface area contributed by atoms with Crippen LogP contribution in [0.5, 0.6) is 0 Å². The lowest BCUT2D eigenvalue weighted by Gasteiger charge is -2.58. The van der Waals surface area contributed by atoms with Crippen LogP contribution in [0.3, 0.4) is 0 Å². The Balaban J connectivity index is 1.47. The van der Waals surface area contributed by atoms with Crippen LogP contribution in [0, 0.1) is 40.4 Å². The summed E-state index contributed by atoms with van der Waals surface area (Å²) in [6.07, 6.45) is 18.5. The van der Waals surface area contributed by atoms with E-state index in [0.717, 1.165) is 42.4 Å². The van der Waals surface area contributed by atoms with E-state index in [1.165, 1.54) is 56.9 Å². The molecule has 8 atom stereocenters. The summed E-state index contributed by atoms with van der Waals surface area (Å²) < 4.78 is 5.76. The van der Waals surface area contributed by atoms with Crippen LogP contribution in [0.1, 0.15) is 112 Å². The number of esters is 1. The summed E-state index contributed by atoms with van der Waals surface area (Å²) in [5.74, 6) is 4.32. The van der Waals surface area contributed by atoms with E-state index in [1.54, 1.807) is 5.57 Å². The van der Waals surface area contributed by atoms with Crippen LogP contribution in [0.4, 0.5) is 0 Å². The Morgan fingerprint density at radius 1 is 1.16 bits per heavy atom. The molecule has 0 unspecified atom stereocenters. The van der Waals surface area contributed by atoms with Crippen molar-refractivity contribution in [1.82, 2.24) is 0 Å². The van der Waals surface area contributed by atoms with Crippen molar-refractivity contribution in [2.24, 2.45) is 40.4 Å². The smallest absolute Gasteiger partial charge is 0.305 e. The molecule has 0 radical (unpaired) electrons. The van der Waals surface area contributed by atoms with Crippen molar-refractivity contribution in [3.8, 4) is 0 Å². The lowest BCUT2D eigenvalue weighted by Crippen LogP contribution is -2.51. The van der Waals surface area contributed by atoms with Crippen LogP contribution in [0.15, 0.2) is 23.3 Å². The van der Waals surface area contributed by atoms with Gasteiger partial charge in [0.15, 0.2) is 0 Å². The number of hydrogen-bond donors (Lipinski definition) is 0. The molecule has 0 spiro atoms. The zero-order valence-electron chi connectivity index (χ0n) is 21.7. The number of hydrogen-bond acceptors (Lipinski definition) is 2. The van der Waals surface area contributed by atoms with Gasteiger partial charge in [0.2, 0.25) is 0 Å². The van der Waals surface area contributed by atoms with Gasteiger partial charge in [-0.2, -0.15) is 0 Å². The summed E-state index contributed by atoms with van der Waals surface area (Å²) >= 11 is 0. The molecular weight excluding hydrogens is 392 g/mol. The predicted octanol–water partition coefficient (Wildman–Crippen LogP) is 8.27. The molecule has 0 aliphatic heterocycles. The SMILES string of the molecule is CCC(=O)O[C@H]1CC[C@@]2(C)C(=CC[C@H]3[C@@H]4CC[C@H]([C@H](C)CCC=C(C)C)[C@@]4(C)CC[C@@H]32)C1. The lowest BCUT2D eigenvalue weighted by atomic mass is 9.47. The van der Waals surface area contributed by atoms with E-state index >= 15 is 0 Å². The Morgan fingerprint density at radius 3 is 2.66 bits per heavy atom. The van der Waals surface area contributed by atoms with Gasteiger partial charge in [-0.05, 0) is 112 Å². The van der Waals surface area contributed by atoms with E-state index in [4.69, 9.17) is 4.74 Å². The number of carbonyl (C=O) groups excluding carboxylic acids is 1. The average Bonchev–Trinajstić information content (AvgIpc) is 3.11. The summed E-state index contributed by atoms with van der Waals surface area (Å²) in [6, 6.07) is 0. The third-order valence-corrected chi connectivity index (χ3v) is 10.6. The fraction of sp³-hybridized carbons (Fsp3) is 0.833. The van der Waals surface area contributed by atoms with Gasteiger partial charge in [-0.1, -0.05) is 51.0 Å². The van der Waals surface area contributed by atoms with Gasteiger partial charge >= 0.3 is 5.97 Å². The largest absolute Gasteiger partial charge is 0.462 e. The third-order valence-electron chi connectivity index (χ3n) is 10.6. The Morgan fingerprint density at radius 2 is 1.94 bits per heavy atom. The molecule has 180 valence electrons. The Kier molecular flexibility index (Phi) is 7.00. The first-order valence-corrected chi connectivity index (χ1v) is 13.7. The summed E-state index contributed by atoms with van der Waals surface area (Å²) in [7, 11) is 0. The van der Waals surface area contributed by atoms with E-state index < -0.39 is 0 Å². The van der Waals surface area contributed by atoms with Gasteiger partial charge in [0.25, 0.3) is 0 Å². The van der Waals surface area contributed by atoms with Gasteiger partial charge in [0.05, 0.1) is 0 Å². The third kappa shape index (κ3) is 4.25. The monoisotopic (exact) mass is 440 g/mol. The molecule has 0 N–H and O–H groups in total. The summed E-state index contributed by atoms with van der Waals surface area (Å²) in [4.78, 5) is 11.8. The first-order valence-electron chi connectivity index (χ1n) is 13.7. The van der Waals surface area contributed by atoms with Gasteiger partial charge in [-0.3, -0.25) is 4.79 Å². The fourth-order valence-electron chi connectivity index (χ4n) is 8.81. The van der Waals surface area contributed by atoms with Crippen molar-refractivity contribution < 1.29 is 9.53 Å². The predicted molar refractivity (Wildman–Crippen MR) is 133 cm³/mol. The second-order valence-corrected chi connectivity index (χ2v) is 12.5. The van der Waals surface area contributed by atoms with E-state index in [2.05, 4.69) is 46.8 Å². The van der Waals surface area contributed by atoms with Gasteiger partial charge in [-0.15, -0.1) is 0 Å². The maximum atomic E-state index is 11.8. The van der Waals surface area contributed by atoms with Crippen LogP contribution >= 0.6 is 0 Å². The molecule has 3 fully saturated rings. The minimum Gasteiger partial charge on any atom is -0.462 e. The normalized spacial score (nSPS) is 41.6. The molecule has 0 heterocycles. The number of ether oxygens (including phenoxy) is 1. The van der Waals surface area contributed by atoms with Crippen molar-refractivity contribution in [1.29, 1.82) is 0 Å². The Hall–Kier alpha value is -1.05. The zero-order chi connectivity index (χ0) is 23.1. The topological polar surface area (TPSA) is 26.3 Å². The lowest BCUT2D eigenvalue weighted by molar-refractivity contribution is -0.151. The van der Waals surface area contributed by atoms with E-state index in [9.17, 15) is 4.79 Å². The highest BCUT2D eigenvalue weighted by Crippen LogP contribution is 2.67. The van der Waals surface area contributed by atoms with Crippen molar-refractivity contribution >= 4 is 5.97 Å². The quantitative estimate of drug-likeness (QED) is 0.307. The number of carbonyl (C=O) groups is 1. The standard InChI is InChI=1S/C30H48O2/c1-7-28(31)32-23-15-17-29(5)22(19-23)11-12-24-26-14-13-25(21(4)10-8-9-20(2)3)30(26,6)18-16-27(24)29/h9,11,21,23-27H,7-8,10,12-19H2,1-6H3/t21-,23+,24+,25-,26+,27+,29+,30-/m1/s1. The number of allylic oxidation sites excluding steroid dienone is 3. The molecule has 2 heteroatoms. The molecule has 3 saturated carbocycles. The van der Waals surface area contributed by atoms with Crippen LogP contribution < -0.4 is 0 Å². The second-order valence-electron chi connectivity index (χ2n) is 12.5. The highest BCUT2D eigenvalue weighted by atomic mass is 16.5. The maximum absolute atomic E-state index is 11.8. The summed E-state index contributed by atoms with van der Waals surface area (Å²) in [6.45, 7) is 14.1. The van der Waals surface area contributed by atoms with E-state index in [0.29, 0.717) is 17.3 Å². The van der Waals surface area contributed by atoms with Gasteiger partial charge in [0, 0.05) is 12.8 Å². The number of fused-ring (bicyclic) bond motifs is 5. The minimum atomic E-state index is -0.0305. The summed E-state index contributed by atoms with van der Waals surface area (Å²) in [5.41, 5.74) is 3.96. The molecule has 32 heavy (non-hydrogen) atoms. The van der Waals surface area contributed by atoms with Crippen LogP contribution in [0.25, 0.3) is 0 Å². The van der Waals surface area contributed by atoms with Crippen molar-refractivity contribution in [2.45, 2.75) is 118 Å². The van der Waals surface area contributed by atoms with Gasteiger partial charge in [-0.25, -0.2) is 0 Å². The summed E-state index contributed by atoms with van der Waals surface area (Å²) in [5, 5.41) is 0. The molecule has 0 saturated heterocycles. The molecule has 0 amide bonds. The van der Waals surface area contributed by atoms with Crippen molar-refractivity contribution in [3.63, 3.8) is 0 Å². The van der Waals surface area contributed by atoms with Crippen LogP contribution in [-0.4, -0.2) is 12.1 Å². The molecule has 0 aromatic carbocycles. The molecule has 4 rings (SSSR count). The molecule has 0 aromatic rings. The Labute approximate surface area is 197 Å². The zero-order valence-corrected chi connectivity index (χ0v) is 21.7. The molecule has 0 aromatic heterocycles. The molecule has 4 aliphatic carbocycles. The second kappa shape index (κ2) is 9.30. The minimum absolute atomic E-state index is 0.0305. The van der Waals surface area contributed by atoms with Gasteiger partial charge in [0.1, 0.15) is 6.10 Å². The maximum Gasteiger partial charge on any atom is 0.305 e. The van der Waals surface area contributed by atoms with Gasteiger partial charge < -0.3 is 4.74 Å². The highest BCUT2D eigenvalue weighted by Gasteiger charge is 2.59. The van der Waals surface area contributed by atoms with E-state index in [1.807, 2.05) is 6.92 Å². The number of rotatable bonds is 6. The first kappa shape index (κ1) is 24.1. The molecule has 4 aliphatic rings. The molecular formula is C30H48O2. The average molecular weight is 441 g/mol. The van der Waals surface area contributed by atoms with Crippen LogP contribution in [-0.2, 0) is 9.53 Å². The van der Waals surface area contributed by atoms with Crippen LogP contribution in [0.2, 0.25) is 0 Å². The molecule has 2 nitrogen and oxygen atoms in total. The fourth-order valence-corrected chi connectivity index (χ4v) is 8.81. The highest BCUT2D eigenvalue weighted by molar-refractivity contribution is 5.69. The Bertz CT molecular complexity index is 759. The van der Waals surface area contributed by atoms with Crippen molar-refractivity contribution in [2.75, 3.05) is 0 Å². The molecule has 0 bridgehead atoms. The van der Waals surface area contributed by atoms with E-state index in [-0.39, 0.29) is 12.1 Å². The first-order chi connectivity index (χ1) is 15.2. The van der Waals surface area contributed by atoms with Crippen molar-refractivity contribution in [3.05, 3.63) is 23.3 Å².